The molecule has 1 heterocycles. The molecule has 9 heteroatoms. The highest BCUT2D eigenvalue weighted by Crippen LogP contribution is 2.78. The van der Waals surface area contributed by atoms with E-state index in [9.17, 15) is 32.2 Å². The Morgan fingerprint density at radius 3 is 2.06 bits per heavy atom. The second-order valence-corrected chi connectivity index (χ2v) is 17.9. The summed E-state index contributed by atoms with van der Waals surface area (Å²) in [5, 5.41) is 24.3. The number of aliphatic hydroxyl groups is 2. The van der Waals surface area contributed by atoms with Crippen molar-refractivity contribution in [2.24, 2.45) is 28.1 Å². The molecule has 1 aliphatic heterocycles. The highest BCUT2D eigenvalue weighted by Gasteiger charge is 2.74. The average molecular weight is 688 g/mol. The summed E-state index contributed by atoms with van der Waals surface area (Å²) in [5.74, 6) is -4.49. The van der Waals surface area contributed by atoms with E-state index < -0.39 is 35.5 Å². The standard InChI is InChI=1S/C39H60F5O4/c1-32(2)26-47-37(48-27-32)19-16-30-31-28(14-12-10-8-6-4-5-7-9-11-13-17-38(40,41)39(42,43)44)24-33(3)34(20-22-36(33,46)23-21-34)29(31)15-18-35(30,45)25-37/h11,28-29,45-46H,4-10,12-27H2,1-3H3/t28-,29?,33-,34?,35?,36?/m0/s1. The van der Waals surface area contributed by atoms with Crippen molar-refractivity contribution in [3.8, 4) is 0 Å². The highest BCUT2D eigenvalue weighted by atomic mass is 19.4. The number of hydrogen-bond acceptors (Lipinski definition) is 4. The third-order valence-corrected chi connectivity index (χ3v) is 14.3. The van der Waals surface area contributed by atoms with Gasteiger partial charge in [0.2, 0.25) is 0 Å². The Morgan fingerprint density at radius 1 is 0.792 bits per heavy atom. The molecule has 2 bridgehead atoms. The quantitative estimate of drug-likeness (QED) is 0.115. The van der Waals surface area contributed by atoms with Gasteiger partial charge < -0.3 is 19.7 Å². The van der Waals surface area contributed by atoms with Crippen molar-refractivity contribution < 1.29 is 41.6 Å². The minimum absolute atomic E-state index is 0.0201. The van der Waals surface area contributed by atoms with Crippen LogP contribution in [0.4, 0.5) is 22.0 Å². The van der Waals surface area contributed by atoms with Gasteiger partial charge in [0.05, 0.1) is 24.4 Å². The van der Waals surface area contributed by atoms with Crippen molar-refractivity contribution in [3.05, 3.63) is 17.6 Å². The van der Waals surface area contributed by atoms with Crippen molar-refractivity contribution in [1.82, 2.24) is 0 Å². The van der Waals surface area contributed by atoms with Gasteiger partial charge in [-0.2, -0.15) is 22.0 Å². The fourth-order valence-corrected chi connectivity index (χ4v) is 11.5. The summed E-state index contributed by atoms with van der Waals surface area (Å²) in [6.07, 6.45) is 12.5. The van der Waals surface area contributed by atoms with Crippen LogP contribution in [0.5, 0.6) is 0 Å². The summed E-state index contributed by atoms with van der Waals surface area (Å²) in [6, 6.07) is 0. The fraction of sp³-hybridized carbons (Fsp3) is 0.923. The van der Waals surface area contributed by atoms with Crippen LogP contribution in [0, 0.1) is 34.5 Å². The number of allylic oxidation sites excluding steroid dienone is 1. The minimum Gasteiger partial charge on any atom is -0.389 e. The smallest absolute Gasteiger partial charge is 0.389 e. The molecule has 0 aromatic heterocycles. The van der Waals surface area contributed by atoms with Gasteiger partial charge in [-0.1, -0.05) is 77.7 Å². The molecule has 6 rings (SSSR count). The van der Waals surface area contributed by atoms with Crippen molar-refractivity contribution in [1.29, 1.82) is 0 Å². The summed E-state index contributed by atoms with van der Waals surface area (Å²) in [5.41, 5.74) is 1.40. The van der Waals surface area contributed by atoms with E-state index in [0.717, 1.165) is 109 Å². The molecule has 4 nitrogen and oxygen atoms in total. The number of ether oxygens (including phenoxy) is 2. The number of rotatable bonds is 13. The Morgan fingerprint density at radius 2 is 1.42 bits per heavy atom. The summed E-state index contributed by atoms with van der Waals surface area (Å²) in [7, 11) is 0. The Hall–Kier alpha value is -0.770. The number of unbranched alkanes of at least 4 members (excludes halogenated alkanes) is 9. The molecule has 1 radical (unpaired) electrons. The number of hydrogen-bond donors (Lipinski definition) is 2. The molecule has 0 amide bonds. The molecule has 6 aliphatic rings. The van der Waals surface area contributed by atoms with Gasteiger partial charge >= 0.3 is 12.1 Å². The maximum atomic E-state index is 13.0. The Labute approximate surface area is 285 Å². The van der Waals surface area contributed by atoms with Gasteiger partial charge in [-0.05, 0) is 93.5 Å². The van der Waals surface area contributed by atoms with Crippen molar-refractivity contribution >= 4 is 0 Å². The molecular formula is C39H60F5O4. The lowest BCUT2D eigenvalue weighted by Gasteiger charge is -2.61. The van der Waals surface area contributed by atoms with E-state index in [0.29, 0.717) is 37.9 Å². The van der Waals surface area contributed by atoms with Gasteiger partial charge in [-0.25, -0.2) is 0 Å². The van der Waals surface area contributed by atoms with E-state index in [4.69, 9.17) is 9.47 Å². The molecule has 4 atom stereocenters. The molecule has 275 valence electrons. The van der Waals surface area contributed by atoms with Crippen molar-refractivity contribution in [2.45, 2.75) is 185 Å². The monoisotopic (exact) mass is 687 g/mol. The van der Waals surface area contributed by atoms with Crippen LogP contribution >= 0.6 is 0 Å². The predicted molar refractivity (Wildman–Crippen MR) is 175 cm³/mol. The van der Waals surface area contributed by atoms with Crippen LogP contribution in [0.15, 0.2) is 11.1 Å². The largest absolute Gasteiger partial charge is 0.453 e. The summed E-state index contributed by atoms with van der Waals surface area (Å²) in [6.45, 7) is 8.00. The van der Waals surface area contributed by atoms with Crippen LogP contribution in [0.3, 0.4) is 0 Å². The molecule has 48 heavy (non-hydrogen) atoms. The van der Waals surface area contributed by atoms with Gasteiger partial charge in [-0.15, -0.1) is 0 Å². The number of fused-ring (bicyclic) bond motifs is 2. The first kappa shape index (κ1) is 37.0. The first-order valence-corrected chi connectivity index (χ1v) is 19.1. The van der Waals surface area contributed by atoms with Gasteiger partial charge in [0, 0.05) is 30.1 Å². The lowest BCUT2D eigenvalue weighted by molar-refractivity contribution is -0.322. The Balaban J connectivity index is 1.03. The van der Waals surface area contributed by atoms with Gasteiger partial charge in [0.25, 0.3) is 0 Å². The normalized spacial score (nSPS) is 38.6. The van der Waals surface area contributed by atoms with Crippen LogP contribution in [-0.4, -0.2) is 52.5 Å². The van der Waals surface area contributed by atoms with E-state index in [-0.39, 0.29) is 22.7 Å². The van der Waals surface area contributed by atoms with Crippen LogP contribution in [-0.2, 0) is 9.47 Å². The molecule has 1 spiro atoms. The van der Waals surface area contributed by atoms with Crippen LogP contribution in [0.2, 0.25) is 0 Å². The molecule has 0 aromatic carbocycles. The average Bonchev–Trinajstić information content (AvgIpc) is 3.37. The summed E-state index contributed by atoms with van der Waals surface area (Å²) < 4.78 is 75.8. The first-order chi connectivity index (χ1) is 22.4. The SMILES string of the molecule is CC1(C)COC2(CCC3=C4C(CCC3(O)C2)C23CCC(O)(CC2)[C@@]3(C)C[C@@H]4CCCCCCCCC[CH]CCC(F)(F)C(F)(F)F)OC1. The van der Waals surface area contributed by atoms with E-state index in [2.05, 4.69) is 20.8 Å². The fourth-order valence-electron chi connectivity index (χ4n) is 11.5. The van der Waals surface area contributed by atoms with E-state index >= 15 is 0 Å². The second-order valence-electron chi connectivity index (χ2n) is 17.9. The van der Waals surface area contributed by atoms with Crippen LogP contribution < -0.4 is 0 Å². The van der Waals surface area contributed by atoms with Crippen molar-refractivity contribution in [3.63, 3.8) is 0 Å². The Kier molecular flexibility index (Phi) is 10.0. The molecule has 5 aliphatic carbocycles. The third-order valence-electron chi connectivity index (χ3n) is 14.3. The zero-order chi connectivity index (χ0) is 34.7. The van der Waals surface area contributed by atoms with E-state index in [1.807, 2.05) is 0 Å². The molecule has 4 saturated carbocycles. The van der Waals surface area contributed by atoms with Crippen molar-refractivity contribution in [2.75, 3.05) is 13.2 Å². The van der Waals surface area contributed by atoms with Crippen LogP contribution in [0.25, 0.3) is 0 Å². The Bertz CT molecular complexity index is 1180. The number of alkyl halides is 5. The van der Waals surface area contributed by atoms with Gasteiger partial charge in [0.15, 0.2) is 5.79 Å². The molecule has 5 fully saturated rings. The molecule has 2 unspecified atom stereocenters. The molecule has 0 aromatic rings. The van der Waals surface area contributed by atoms with E-state index in [1.54, 1.807) is 12.0 Å². The maximum absolute atomic E-state index is 13.0. The predicted octanol–water partition coefficient (Wildman–Crippen LogP) is 10.4. The topological polar surface area (TPSA) is 58.9 Å². The first-order valence-electron chi connectivity index (χ1n) is 19.1. The third kappa shape index (κ3) is 6.44. The van der Waals surface area contributed by atoms with E-state index in [1.165, 1.54) is 5.57 Å². The molecule has 2 N–H and O–H groups in total. The zero-order valence-electron chi connectivity index (χ0n) is 29.6. The minimum atomic E-state index is -5.47. The van der Waals surface area contributed by atoms with Crippen LogP contribution in [0.1, 0.15) is 156 Å². The second kappa shape index (κ2) is 13.0. The number of halogens is 5. The van der Waals surface area contributed by atoms with Gasteiger partial charge in [0.1, 0.15) is 0 Å². The molecule has 1 saturated heterocycles. The lowest BCUT2D eigenvalue weighted by Crippen LogP contribution is -2.59. The lowest BCUT2D eigenvalue weighted by atomic mass is 9.45. The highest BCUT2D eigenvalue weighted by molar-refractivity contribution is 5.40. The summed E-state index contributed by atoms with van der Waals surface area (Å²) in [4.78, 5) is 0. The summed E-state index contributed by atoms with van der Waals surface area (Å²) >= 11 is 0. The van der Waals surface area contributed by atoms with Gasteiger partial charge in [-0.3, -0.25) is 0 Å². The molecular weight excluding hydrogens is 627 g/mol. The zero-order valence-corrected chi connectivity index (χ0v) is 29.6. The maximum Gasteiger partial charge on any atom is 0.453 e.